The third kappa shape index (κ3) is 1.61. The van der Waals surface area contributed by atoms with Crippen LogP contribution in [0.4, 0.5) is 0 Å². The molecule has 0 N–H and O–H groups in total. The number of hydrogen-bond donors (Lipinski definition) is 0. The topological polar surface area (TPSA) is 35.5 Å². The lowest BCUT2D eigenvalue weighted by molar-refractivity contribution is -0.145. The number of rotatable bonds is 1. The molecule has 68 valence electrons. The molecule has 0 spiro atoms. The van der Waals surface area contributed by atoms with Crippen molar-refractivity contribution in [2.45, 2.75) is 31.8 Å². The van der Waals surface area contributed by atoms with Gasteiger partial charge in [0.2, 0.25) is 0 Å². The molecule has 0 saturated carbocycles. The zero-order valence-electron chi connectivity index (χ0n) is 7.12. The first-order chi connectivity index (χ1) is 5.86. The van der Waals surface area contributed by atoms with Gasteiger partial charge in [0.15, 0.2) is 0 Å². The van der Waals surface area contributed by atoms with E-state index in [-0.39, 0.29) is 12.1 Å². The summed E-state index contributed by atoms with van der Waals surface area (Å²) in [6.45, 7) is 1.65. The highest BCUT2D eigenvalue weighted by Gasteiger charge is 2.32. The van der Waals surface area contributed by atoms with Crippen LogP contribution in [0, 0.1) is 5.92 Å². The summed E-state index contributed by atoms with van der Waals surface area (Å²) in [4.78, 5) is 10.8. The van der Waals surface area contributed by atoms with Crippen molar-refractivity contribution in [3.05, 3.63) is 0 Å². The zero-order chi connectivity index (χ0) is 8.39. The number of esters is 1. The molecule has 0 radical (unpaired) electrons. The molecule has 3 heteroatoms. The molecule has 0 bridgehead atoms. The van der Waals surface area contributed by atoms with Crippen LogP contribution in [0.15, 0.2) is 0 Å². The second kappa shape index (κ2) is 3.44. The highest BCUT2D eigenvalue weighted by molar-refractivity contribution is 5.71. The van der Waals surface area contributed by atoms with Crippen molar-refractivity contribution in [1.29, 1.82) is 0 Å². The number of carbonyl (C=O) groups excluding carboxylic acids is 1. The minimum absolute atomic E-state index is 0.0365. The highest BCUT2D eigenvalue weighted by atomic mass is 16.6. The predicted molar refractivity (Wildman–Crippen MR) is 42.7 cm³/mol. The molecule has 2 fully saturated rings. The average molecular weight is 170 g/mol. The van der Waals surface area contributed by atoms with Gasteiger partial charge in [-0.1, -0.05) is 0 Å². The molecule has 2 atom stereocenters. The van der Waals surface area contributed by atoms with E-state index in [0.717, 1.165) is 32.5 Å². The minimum Gasteiger partial charge on any atom is -0.462 e. The molecule has 0 aromatic rings. The van der Waals surface area contributed by atoms with Crippen LogP contribution in [-0.4, -0.2) is 25.3 Å². The maximum absolute atomic E-state index is 10.8. The van der Waals surface area contributed by atoms with Crippen molar-refractivity contribution in [3.8, 4) is 0 Å². The zero-order valence-corrected chi connectivity index (χ0v) is 7.12. The van der Waals surface area contributed by atoms with Crippen LogP contribution in [0.3, 0.4) is 0 Å². The molecule has 2 saturated heterocycles. The van der Waals surface area contributed by atoms with Crippen LogP contribution in [0.25, 0.3) is 0 Å². The van der Waals surface area contributed by atoms with E-state index in [1.807, 2.05) is 0 Å². The van der Waals surface area contributed by atoms with Gasteiger partial charge in [0, 0.05) is 18.9 Å². The van der Waals surface area contributed by atoms with Gasteiger partial charge in [0.05, 0.1) is 6.61 Å². The second-order valence-electron chi connectivity index (χ2n) is 3.54. The summed E-state index contributed by atoms with van der Waals surface area (Å²) in [5.41, 5.74) is 0. The van der Waals surface area contributed by atoms with E-state index in [0.29, 0.717) is 12.3 Å². The van der Waals surface area contributed by atoms with Crippen LogP contribution < -0.4 is 0 Å². The molecule has 12 heavy (non-hydrogen) atoms. The highest BCUT2D eigenvalue weighted by Crippen LogP contribution is 2.27. The predicted octanol–water partition coefficient (Wildman–Crippen LogP) is 1.12. The Labute approximate surface area is 72.0 Å². The van der Waals surface area contributed by atoms with Gasteiger partial charge in [-0.05, 0) is 19.3 Å². The summed E-state index contributed by atoms with van der Waals surface area (Å²) < 4.78 is 10.5. The average Bonchev–Trinajstić information content (AvgIpc) is 2.54. The van der Waals surface area contributed by atoms with Crippen molar-refractivity contribution in [3.63, 3.8) is 0 Å². The van der Waals surface area contributed by atoms with Gasteiger partial charge in [0.1, 0.15) is 6.10 Å². The second-order valence-corrected chi connectivity index (χ2v) is 3.54. The van der Waals surface area contributed by atoms with Crippen molar-refractivity contribution in [2.24, 2.45) is 5.92 Å². The molecule has 2 aliphatic heterocycles. The summed E-state index contributed by atoms with van der Waals surface area (Å²) in [6, 6.07) is 0. The van der Waals surface area contributed by atoms with E-state index in [9.17, 15) is 4.79 Å². The molecule has 2 heterocycles. The molecule has 0 aliphatic carbocycles. The number of carbonyl (C=O) groups is 1. The van der Waals surface area contributed by atoms with Gasteiger partial charge in [-0.25, -0.2) is 0 Å². The maximum atomic E-state index is 10.8. The van der Waals surface area contributed by atoms with Crippen LogP contribution in [0.5, 0.6) is 0 Å². The van der Waals surface area contributed by atoms with Gasteiger partial charge >= 0.3 is 5.97 Å². The number of hydrogen-bond acceptors (Lipinski definition) is 3. The van der Waals surface area contributed by atoms with E-state index in [4.69, 9.17) is 9.47 Å². The smallest absolute Gasteiger partial charge is 0.306 e. The molecule has 3 nitrogen and oxygen atoms in total. The lowest BCUT2D eigenvalue weighted by Gasteiger charge is -2.26. The fourth-order valence-corrected chi connectivity index (χ4v) is 1.94. The lowest BCUT2D eigenvalue weighted by Crippen LogP contribution is -2.28. The Balaban J connectivity index is 1.86. The van der Waals surface area contributed by atoms with Crippen molar-refractivity contribution < 1.29 is 14.3 Å². The summed E-state index contributed by atoms with van der Waals surface area (Å²) in [5, 5.41) is 0. The quantitative estimate of drug-likeness (QED) is 0.553. The molecule has 2 rings (SSSR count). The van der Waals surface area contributed by atoms with E-state index in [1.165, 1.54) is 0 Å². The Kier molecular flexibility index (Phi) is 2.30. The monoisotopic (exact) mass is 170 g/mol. The van der Waals surface area contributed by atoms with E-state index < -0.39 is 0 Å². The van der Waals surface area contributed by atoms with Crippen LogP contribution in [0.2, 0.25) is 0 Å². The van der Waals surface area contributed by atoms with E-state index in [2.05, 4.69) is 0 Å². The summed E-state index contributed by atoms with van der Waals surface area (Å²) in [7, 11) is 0. The van der Waals surface area contributed by atoms with Crippen LogP contribution in [-0.2, 0) is 14.3 Å². The van der Waals surface area contributed by atoms with Gasteiger partial charge in [-0.15, -0.1) is 0 Å². The van der Waals surface area contributed by atoms with Crippen LogP contribution >= 0.6 is 0 Å². The molecule has 2 aliphatic rings. The fourth-order valence-electron chi connectivity index (χ4n) is 1.94. The van der Waals surface area contributed by atoms with Crippen LogP contribution in [0.1, 0.15) is 25.7 Å². The lowest BCUT2D eigenvalue weighted by atomic mass is 9.94. The van der Waals surface area contributed by atoms with E-state index in [1.54, 1.807) is 0 Å². The Bertz CT molecular complexity index is 173. The normalized spacial score (nSPS) is 36.5. The van der Waals surface area contributed by atoms with Crippen molar-refractivity contribution >= 4 is 5.97 Å². The standard InChI is InChI=1S/C9H14O3/c10-9-4-3-8(12-9)7-2-1-5-11-6-7/h7-8H,1-6H2. The summed E-state index contributed by atoms with van der Waals surface area (Å²) in [6.07, 6.45) is 3.91. The van der Waals surface area contributed by atoms with Gasteiger partial charge in [-0.3, -0.25) is 4.79 Å². The Morgan fingerprint density at radius 1 is 1.33 bits per heavy atom. The molecule has 0 aromatic carbocycles. The van der Waals surface area contributed by atoms with Gasteiger partial charge < -0.3 is 9.47 Å². The first-order valence-electron chi connectivity index (χ1n) is 4.63. The molecular formula is C9H14O3. The summed E-state index contributed by atoms with van der Waals surface area (Å²) >= 11 is 0. The molecule has 2 unspecified atom stereocenters. The largest absolute Gasteiger partial charge is 0.462 e. The SMILES string of the molecule is O=C1CCC(C2CCCOC2)O1. The van der Waals surface area contributed by atoms with Gasteiger partial charge in [0.25, 0.3) is 0 Å². The molecule has 0 aromatic heterocycles. The van der Waals surface area contributed by atoms with E-state index >= 15 is 0 Å². The first kappa shape index (κ1) is 8.05. The minimum atomic E-state index is -0.0365. The Hall–Kier alpha value is -0.570. The Morgan fingerprint density at radius 3 is 2.83 bits per heavy atom. The molecule has 0 amide bonds. The number of cyclic esters (lactones) is 1. The third-order valence-electron chi connectivity index (χ3n) is 2.64. The fraction of sp³-hybridized carbons (Fsp3) is 0.889. The Morgan fingerprint density at radius 2 is 2.25 bits per heavy atom. The van der Waals surface area contributed by atoms with Crippen molar-refractivity contribution in [2.75, 3.05) is 13.2 Å². The van der Waals surface area contributed by atoms with Gasteiger partial charge in [-0.2, -0.15) is 0 Å². The molecular weight excluding hydrogens is 156 g/mol. The first-order valence-corrected chi connectivity index (χ1v) is 4.63. The summed E-state index contributed by atoms with van der Waals surface area (Å²) in [5.74, 6) is 0.427. The third-order valence-corrected chi connectivity index (χ3v) is 2.64. The van der Waals surface area contributed by atoms with Crippen molar-refractivity contribution in [1.82, 2.24) is 0 Å². The number of ether oxygens (including phenoxy) is 2. The maximum Gasteiger partial charge on any atom is 0.306 e.